The molecule has 2 aromatic heterocycles. The van der Waals surface area contributed by atoms with Gasteiger partial charge in [0.2, 0.25) is 11.9 Å². The summed E-state index contributed by atoms with van der Waals surface area (Å²) >= 11 is 13.7. The van der Waals surface area contributed by atoms with Gasteiger partial charge >= 0.3 is 0 Å². The van der Waals surface area contributed by atoms with E-state index in [-0.39, 0.29) is 10.0 Å². The molecule has 220 valence electrons. The van der Waals surface area contributed by atoms with Crippen molar-refractivity contribution < 1.29 is 9.47 Å². The minimum Gasteiger partial charge on any atom is -0.451 e. The summed E-state index contributed by atoms with van der Waals surface area (Å²) in [6, 6.07) is 11.4. The highest BCUT2D eigenvalue weighted by Gasteiger charge is 2.27. The van der Waals surface area contributed by atoms with Crippen molar-refractivity contribution in [3.8, 4) is 23.0 Å². The van der Waals surface area contributed by atoms with Gasteiger partial charge in [0.15, 0.2) is 23.0 Å². The summed E-state index contributed by atoms with van der Waals surface area (Å²) in [4.78, 5) is 35.9. The van der Waals surface area contributed by atoms with E-state index in [1.165, 1.54) is 0 Å². The van der Waals surface area contributed by atoms with Crippen molar-refractivity contribution in [2.75, 3.05) is 24.7 Å². The first kappa shape index (κ1) is 27.9. The minimum absolute atomic E-state index is 0.251. The third-order valence-corrected chi connectivity index (χ3v) is 7.64. The molecule has 3 aromatic carbocycles. The molecule has 0 radical (unpaired) electrons. The highest BCUT2D eigenvalue weighted by atomic mass is 35.5. The molecule has 0 saturated heterocycles. The first-order valence-corrected chi connectivity index (χ1v) is 14.4. The van der Waals surface area contributed by atoms with Gasteiger partial charge in [-0.25, -0.2) is 20.0 Å². The summed E-state index contributed by atoms with van der Waals surface area (Å²) < 4.78 is 12.6. The number of ether oxygens (including phenoxy) is 2. The Labute approximate surface area is 261 Å². The molecule has 2 N–H and O–H groups in total. The van der Waals surface area contributed by atoms with Crippen LogP contribution < -0.4 is 30.8 Å². The number of rotatable bonds is 6. The van der Waals surface area contributed by atoms with E-state index < -0.39 is 0 Å². The molecule has 0 spiro atoms. The van der Waals surface area contributed by atoms with Gasteiger partial charge in [-0.2, -0.15) is 19.9 Å². The zero-order valence-corrected chi connectivity index (χ0v) is 25.5. The number of hydrogen-bond acceptors (Lipinski definition) is 12. The van der Waals surface area contributed by atoms with Crippen LogP contribution in [0.15, 0.2) is 46.4 Å². The van der Waals surface area contributed by atoms with Crippen LogP contribution >= 0.6 is 23.2 Å². The lowest BCUT2D eigenvalue weighted by molar-refractivity contribution is 0.451. The lowest BCUT2D eigenvalue weighted by Gasteiger charge is -2.21. The number of fused-ring (bicyclic) bond motifs is 4. The van der Waals surface area contributed by atoms with Gasteiger partial charge in [-0.15, -0.1) is 0 Å². The largest absolute Gasteiger partial charge is 0.451 e. The van der Waals surface area contributed by atoms with Gasteiger partial charge in [-0.1, -0.05) is 35.3 Å². The summed E-state index contributed by atoms with van der Waals surface area (Å²) in [5, 5.41) is 7.16. The SMILES string of the molecule is CNc1nc(C)nc(Cc2ccc3c(c2)Oc2c(Cl)c4c(c(Cl)c2=N3)Oc2cc(Cc3nc(C)nc(NC)n3)ccc2N=4)n1. The van der Waals surface area contributed by atoms with Gasteiger partial charge < -0.3 is 20.1 Å². The first-order chi connectivity index (χ1) is 21.3. The van der Waals surface area contributed by atoms with E-state index in [9.17, 15) is 0 Å². The molecule has 5 aromatic rings. The zero-order chi connectivity index (χ0) is 30.5. The van der Waals surface area contributed by atoms with Gasteiger partial charge in [-0.05, 0) is 49.2 Å². The molecular weight excluding hydrogens is 603 g/mol. The highest BCUT2D eigenvalue weighted by molar-refractivity contribution is 6.35. The third-order valence-electron chi connectivity index (χ3n) is 6.94. The average Bonchev–Trinajstić information content (AvgIpc) is 3.01. The maximum atomic E-state index is 6.87. The molecule has 4 heterocycles. The van der Waals surface area contributed by atoms with Gasteiger partial charge in [-0.3, -0.25) is 0 Å². The Morgan fingerprint density at radius 2 is 1.05 bits per heavy atom. The molecule has 44 heavy (non-hydrogen) atoms. The van der Waals surface area contributed by atoms with Gasteiger partial charge in [0.25, 0.3) is 0 Å². The van der Waals surface area contributed by atoms with Gasteiger partial charge in [0.1, 0.15) is 55.4 Å². The minimum atomic E-state index is 0.251. The predicted octanol–water partition coefficient (Wildman–Crippen LogP) is 5.36. The second-order valence-electron chi connectivity index (χ2n) is 10.1. The predicted molar refractivity (Wildman–Crippen MR) is 165 cm³/mol. The number of nitrogens with zero attached hydrogens (tertiary/aromatic N) is 8. The number of hydrogen-bond donors (Lipinski definition) is 2. The number of nitrogens with one attached hydrogen (secondary N) is 2. The van der Waals surface area contributed by atoms with Crippen LogP contribution in [0.5, 0.6) is 23.0 Å². The Balaban J connectivity index is 1.22. The number of halogens is 2. The van der Waals surface area contributed by atoms with E-state index in [4.69, 9.17) is 42.7 Å². The van der Waals surface area contributed by atoms with E-state index in [0.29, 0.717) is 93.1 Å². The number of aryl methyl sites for hydroxylation is 2. The lowest BCUT2D eigenvalue weighted by atomic mass is 10.1. The first-order valence-electron chi connectivity index (χ1n) is 13.7. The Bertz CT molecular complexity index is 1970. The average molecular weight is 627 g/mol. The van der Waals surface area contributed by atoms with Crippen molar-refractivity contribution in [3.05, 3.63) is 91.6 Å². The smallest absolute Gasteiger partial charge is 0.225 e. The van der Waals surface area contributed by atoms with Crippen molar-refractivity contribution in [3.63, 3.8) is 0 Å². The Kier molecular flexibility index (Phi) is 6.94. The van der Waals surface area contributed by atoms with E-state index in [0.717, 1.165) is 11.1 Å². The summed E-state index contributed by atoms with van der Waals surface area (Å²) in [7, 11) is 3.54. The fraction of sp³-hybridized carbons (Fsp3) is 0.200. The molecule has 0 atom stereocenters. The van der Waals surface area contributed by atoms with Gasteiger partial charge in [0, 0.05) is 26.9 Å². The molecule has 7 rings (SSSR count). The van der Waals surface area contributed by atoms with Crippen molar-refractivity contribution in [1.82, 2.24) is 29.9 Å². The summed E-state index contributed by atoms with van der Waals surface area (Å²) in [6.07, 6.45) is 0.956. The summed E-state index contributed by atoms with van der Waals surface area (Å²) in [5.74, 6) is 5.25. The topological polar surface area (TPSA) is 145 Å². The van der Waals surface area contributed by atoms with Crippen LogP contribution in [0.2, 0.25) is 10.0 Å². The lowest BCUT2D eigenvalue weighted by Crippen LogP contribution is -2.22. The maximum absolute atomic E-state index is 6.87. The fourth-order valence-corrected chi connectivity index (χ4v) is 5.49. The molecule has 0 saturated carbocycles. The Morgan fingerprint density at radius 1 is 0.614 bits per heavy atom. The van der Waals surface area contributed by atoms with Crippen molar-refractivity contribution in [2.45, 2.75) is 26.7 Å². The number of anilines is 2. The number of aromatic nitrogens is 6. The van der Waals surface area contributed by atoms with Crippen LogP contribution in [0.4, 0.5) is 23.3 Å². The van der Waals surface area contributed by atoms with Gasteiger partial charge in [0.05, 0.1) is 0 Å². The van der Waals surface area contributed by atoms with Crippen molar-refractivity contribution in [1.29, 1.82) is 0 Å². The molecular formula is C30H24Cl2N10O2. The normalized spacial score (nSPS) is 12.3. The second kappa shape index (κ2) is 11.0. The quantitative estimate of drug-likeness (QED) is 0.247. The molecule has 2 aliphatic heterocycles. The van der Waals surface area contributed by atoms with Crippen LogP contribution in [0, 0.1) is 13.8 Å². The Morgan fingerprint density at radius 3 is 1.45 bits per heavy atom. The second-order valence-corrected chi connectivity index (χ2v) is 10.9. The van der Waals surface area contributed by atoms with Crippen molar-refractivity contribution >= 4 is 46.5 Å². The zero-order valence-electron chi connectivity index (χ0n) is 24.0. The standard InChI is InChI=1S/C30H24Cl2N10O2/c1-13-35-21(41-29(33-3)37-13)11-15-5-7-17-19(9-15)43-27-23(31)26-28(24(32)25(27)39-17)44-20-10-16(6-8-18(20)40-26)12-22-36-14(2)38-30(34-4)42-22/h5-10H,11-12H2,1-4H3,(H,33,35,37,41)(H,34,36,38,42). The Hall–Kier alpha value is -4.94. The molecule has 12 nitrogen and oxygen atoms in total. The summed E-state index contributed by atoms with van der Waals surface area (Å²) in [6.45, 7) is 3.66. The monoisotopic (exact) mass is 626 g/mol. The third kappa shape index (κ3) is 5.12. The molecule has 0 bridgehead atoms. The van der Waals surface area contributed by atoms with E-state index in [1.54, 1.807) is 14.1 Å². The molecule has 14 heteroatoms. The molecule has 2 aliphatic rings. The molecule has 0 amide bonds. The molecule has 0 fully saturated rings. The van der Waals surface area contributed by atoms with Crippen molar-refractivity contribution in [2.24, 2.45) is 9.98 Å². The molecule has 0 unspecified atom stereocenters. The van der Waals surface area contributed by atoms with Crippen LogP contribution in [0.3, 0.4) is 0 Å². The van der Waals surface area contributed by atoms with E-state index >= 15 is 0 Å². The van der Waals surface area contributed by atoms with Crippen LogP contribution in [0.25, 0.3) is 0 Å². The van der Waals surface area contributed by atoms with Crippen LogP contribution in [-0.2, 0) is 12.8 Å². The maximum Gasteiger partial charge on any atom is 0.225 e. The highest BCUT2D eigenvalue weighted by Crippen LogP contribution is 2.43. The van der Waals surface area contributed by atoms with Crippen LogP contribution in [0.1, 0.15) is 34.4 Å². The molecule has 0 aliphatic carbocycles. The van der Waals surface area contributed by atoms with E-state index in [2.05, 4.69) is 40.5 Å². The van der Waals surface area contributed by atoms with E-state index in [1.807, 2.05) is 50.2 Å². The fourth-order valence-electron chi connectivity index (χ4n) is 4.98. The summed E-state index contributed by atoms with van der Waals surface area (Å²) in [5.41, 5.74) is 3.07. The van der Waals surface area contributed by atoms with Crippen LogP contribution in [-0.4, -0.2) is 44.0 Å². The number of benzene rings is 3.